The second-order valence-corrected chi connectivity index (χ2v) is 5.01. The Morgan fingerprint density at radius 3 is 2.50 bits per heavy atom. The Kier molecular flexibility index (Phi) is 2.97. The molecule has 3 aromatic heterocycles. The minimum atomic E-state index is 0.237. The molecule has 1 aromatic carbocycles. The molecule has 22 heavy (non-hydrogen) atoms. The molecule has 0 saturated heterocycles. The van der Waals surface area contributed by atoms with Gasteiger partial charge in [0.05, 0.1) is 11.9 Å². The van der Waals surface area contributed by atoms with E-state index < -0.39 is 0 Å². The Labute approximate surface area is 130 Å². The second-order valence-electron chi connectivity index (χ2n) is 4.64. The molecule has 0 aliphatic heterocycles. The van der Waals surface area contributed by atoms with E-state index in [1.54, 1.807) is 6.20 Å². The lowest BCUT2D eigenvalue weighted by atomic mass is 10.3. The number of rotatable bonds is 3. The second kappa shape index (κ2) is 5.12. The Morgan fingerprint density at radius 2 is 1.82 bits per heavy atom. The number of nitrogens with zero attached hydrogens (tertiary/aromatic N) is 4. The molecule has 0 spiro atoms. The quantitative estimate of drug-likeness (QED) is 0.589. The summed E-state index contributed by atoms with van der Waals surface area (Å²) in [5.74, 6) is 1.25. The number of H-pyrrole nitrogens is 1. The van der Waals surface area contributed by atoms with Crippen LogP contribution in [0, 0.1) is 4.84 Å². The third-order valence-electron chi connectivity index (χ3n) is 3.26. The fourth-order valence-electron chi connectivity index (χ4n) is 2.32. The highest BCUT2D eigenvalue weighted by molar-refractivity contribution is 7.71. The topological polar surface area (TPSA) is 64.6 Å². The number of para-hydroxylation sites is 1. The first kappa shape index (κ1) is 12.8. The first-order chi connectivity index (χ1) is 10.8. The zero-order chi connectivity index (χ0) is 14.9. The van der Waals surface area contributed by atoms with Crippen molar-refractivity contribution in [2.24, 2.45) is 0 Å². The van der Waals surface area contributed by atoms with Crippen LogP contribution in [-0.4, -0.2) is 24.5 Å². The van der Waals surface area contributed by atoms with Crippen LogP contribution in [0.2, 0.25) is 0 Å². The van der Waals surface area contributed by atoms with Crippen molar-refractivity contribution >= 4 is 12.2 Å². The van der Waals surface area contributed by atoms with Crippen LogP contribution < -0.4 is 0 Å². The Hall–Kier alpha value is -2.93. The molecule has 3 heterocycles. The van der Waals surface area contributed by atoms with Crippen LogP contribution in [0.4, 0.5) is 0 Å². The number of nitrogens with one attached hydrogen (secondary N) is 1. The van der Waals surface area contributed by atoms with Crippen LogP contribution in [0.25, 0.3) is 23.0 Å². The summed E-state index contributed by atoms with van der Waals surface area (Å²) < 4.78 is 9.24. The van der Waals surface area contributed by atoms with Crippen molar-refractivity contribution in [2.45, 2.75) is 0 Å². The van der Waals surface area contributed by atoms with Gasteiger partial charge in [0.25, 0.3) is 10.7 Å². The number of aromatic nitrogens is 5. The van der Waals surface area contributed by atoms with Crippen molar-refractivity contribution in [2.75, 3.05) is 0 Å². The van der Waals surface area contributed by atoms with Crippen LogP contribution in [0.5, 0.6) is 0 Å². The van der Waals surface area contributed by atoms with Crippen molar-refractivity contribution in [3.63, 3.8) is 0 Å². The predicted molar refractivity (Wildman–Crippen MR) is 83.6 cm³/mol. The van der Waals surface area contributed by atoms with Crippen LogP contribution in [0.1, 0.15) is 0 Å². The maximum absolute atomic E-state index is 5.44. The first-order valence-corrected chi connectivity index (χ1v) is 7.06. The van der Waals surface area contributed by atoms with Gasteiger partial charge in [-0.3, -0.25) is 0 Å². The van der Waals surface area contributed by atoms with Gasteiger partial charge in [-0.25, -0.2) is 9.78 Å². The van der Waals surface area contributed by atoms with Crippen molar-refractivity contribution < 1.29 is 4.42 Å². The van der Waals surface area contributed by atoms with Crippen LogP contribution in [0.15, 0.2) is 65.5 Å². The number of hydrogen-bond donors (Lipinski definition) is 1. The number of hydrogen-bond acceptors (Lipinski definition) is 4. The van der Waals surface area contributed by atoms with Gasteiger partial charge in [0.2, 0.25) is 0 Å². The molecule has 6 nitrogen and oxygen atoms in total. The van der Waals surface area contributed by atoms with Gasteiger partial charge in [-0.15, -0.1) is 5.10 Å². The van der Waals surface area contributed by atoms with E-state index in [9.17, 15) is 0 Å². The van der Waals surface area contributed by atoms with Gasteiger partial charge in [-0.1, -0.05) is 18.2 Å². The molecular formula is C15H11N5OS. The molecule has 0 fully saturated rings. The van der Waals surface area contributed by atoms with E-state index in [4.69, 9.17) is 16.6 Å². The maximum atomic E-state index is 5.44. The molecule has 0 saturated carbocycles. The summed E-state index contributed by atoms with van der Waals surface area (Å²) in [4.78, 5) is 0.237. The Morgan fingerprint density at radius 1 is 1.05 bits per heavy atom. The predicted octanol–water partition coefficient (Wildman–Crippen LogP) is 3.38. The van der Waals surface area contributed by atoms with Crippen LogP contribution in [0.3, 0.4) is 0 Å². The minimum absolute atomic E-state index is 0.237. The average molecular weight is 309 g/mol. The third kappa shape index (κ3) is 2.08. The summed E-state index contributed by atoms with van der Waals surface area (Å²) in [6.07, 6.45) is 5.61. The summed E-state index contributed by atoms with van der Waals surface area (Å²) >= 11 is 4.96. The smallest absolute Gasteiger partial charge is 0.284 e. The highest BCUT2D eigenvalue weighted by Gasteiger charge is 2.18. The molecule has 0 radical (unpaired) electrons. The fraction of sp³-hybridized carbons (Fsp3) is 0. The monoisotopic (exact) mass is 309 g/mol. The SMILES string of the molecule is S=c1[nH]nc(-c2cnn(-c3ccccc3)c2-n2cccc2)o1. The van der Waals surface area contributed by atoms with Gasteiger partial charge in [0.1, 0.15) is 5.56 Å². The zero-order valence-electron chi connectivity index (χ0n) is 11.4. The summed E-state index contributed by atoms with van der Waals surface area (Å²) in [5.41, 5.74) is 1.71. The summed E-state index contributed by atoms with van der Waals surface area (Å²) in [5, 5.41) is 11.2. The number of aromatic amines is 1. The Balaban J connectivity index is 1.98. The molecule has 0 aliphatic carbocycles. The molecule has 1 N–H and O–H groups in total. The van der Waals surface area contributed by atoms with E-state index in [1.165, 1.54) is 0 Å². The maximum Gasteiger partial charge on any atom is 0.284 e. The lowest BCUT2D eigenvalue weighted by Crippen LogP contribution is -2.04. The van der Waals surface area contributed by atoms with Gasteiger partial charge in [0, 0.05) is 12.4 Å². The molecule has 4 aromatic rings. The van der Waals surface area contributed by atoms with E-state index >= 15 is 0 Å². The van der Waals surface area contributed by atoms with E-state index in [2.05, 4.69) is 15.3 Å². The molecule has 108 valence electrons. The molecule has 4 rings (SSSR count). The van der Waals surface area contributed by atoms with Crippen LogP contribution >= 0.6 is 12.2 Å². The largest absolute Gasteiger partial charge is 0.409 e. The summed E-state index contributed by atoms with van der Waals surface area (Å²) in [6, 6.07) is 13.8. The highest BCUT2D eigenvalue weighted by Crippen LogP contribution is 2.27. The van der Waals surface area contributed by atoms with Gasteiger partial charge in [-0.2, -0.15) is 5.10 Å². The molecular weight excluding hydrogens is 298 g/mol. The van der Waals surface area contributed by atoms with Gasteiger partial charge in [-0.05, 0) is 36.5 Å². The van der Waals surface area contributed by atoms with E-state index in [0.717, 1.165) is 17.1 Å². The average Bonchev–Trinajstić information content (AvgIpc) is 3.27. The molecule has 0 amide bonds. The molecule has 0 bridgehead atoms. The molecule has 0 aliphatic rings. The zero-order valence-corrected chi connectivity index (χ0v) is 12.2. The van der Waals surface area contributed by atoms with Gasteiger partial charge >= 0.3 is 0 Å². The van der Waals surface area contributed by atoms with Gasteiger partial charge < -0.3 is 8.98 Å². The Bertz CT molecular complexity index is 949. The van der Waals surface area contributed by atoms with Gasteiger partial charge in [0.15, 0.2) is 5.82 Å². The molecule has 7 heteroatoms. The lowest BCUT2D eigenvalue weighted by Gasteiger charge is -2.09. The van der Waals surface area contributed by atoms with Crippen molar-refractivity contribution in [1.29, 1.82) is 0 Å². The number of benzene rings is 1. The summed E-state index contributed by atoms with van der Waals surface area (Å²) in [6.45, 7) is 0. The van der Waals surface area contributed by atoms with E-state index in [0.29, 0.717) is 5.89 Å². The van der Waals surface area contributed by atoms with E-state index in [1.807, 2.05) is 64.1 Å². The lowest BCUT2D eigenvalue weighted by molar-refractivity contribution is 0.551. The van der Waals surface area contributed by atoms with Crippen molar-refractivity contribution in [3.05, 3.63) is 65.9 Å². The van der Waals surface area contributed by atoms with Crippen molar-refractivity contribution in [1.82, 2.24) is 24.5 Å². The highest BCUT2D eigenvalue weighted by atomic mass is 32.1. The first-order valence-electron chi connectivity index (χ1n) is 6.65. The van der Waals surface area contributed by atoms with Crippen molar-refractivity contribution in [3.8, 4) is 23.0 Å². The third-order valence-corrected chi connectivity index (χ3v) is 3.44. The fourth-order valence-corrected chi connectivity index (χ4v) is 2.44. The standard InChI is InChI=1S/C15H11N5OS/c22-15-18-17-13(21-15)12-10-16-20(11-6-2-1-3-7-11)14(12)19-8-4-5-9-19/h1-10H,(H,18,22). The van der Waals surface area contributed by atoms with Crippen LogP contribution in [-0.2, 0) is 0 Å². The molecule has 0 atom stereocenters. The summed E-state index contributed by atoms with van der Waals surface area (Å²) in [7, 11) is 0. The normalized spacial score (nSPS) is 10.9. The minimum Gasteiger partial charge on any atom is -0.409 e. The molecule has 0 unspecified atom stereocenters. The van der Waals surface area contributed by atoms with E-state index in [-0.39, 0.29) is 4.84 Å².